The van der Waals surface area contributed by atoms with Crippen molar-refractivity contribution >= 4 is 26.8 Å². The van der Waals surface area contributed by atoms with Gasteiger partial charge in [0.2, 0.25) is 0 Å². The Bertz CT molecular complexity index is 629. The highest BCUT2D eigenvalue weighted by Crippen LogP contribution is 2.27. The van der Waals surface area contributed by atoms with Gasteiger partial charge in [0.05, 0.1) is 5.52 Å². The number of pyridine rings is 1. The van der Waals surface area contributed by atoms with Crippen LogP contribution in [0.4, 0.5) is 0 Å². The molecule has 0 spiro atoms. The Morgan fingerprint density at radius 3 is 2.62 bits per heavy atom. The molecule has 0 bridgehead atoms. The Morgan fingerprint density at radius 2 is 1.81 bits per heavy atom. The third-order valence-corrected chi connectivity index (χ3v) is 3.19. The molecule has 0 amide bonds. The topological polar surface area (TPSA) is 17.8 Å². The number of rotatable bonds is 1. The average molecular weight is 273 g/mol. The maximum Gasteiger partial charge on any atom is 0.137 e. The maximum absolute atomic E-state index is 4.35. The Balaban J connectivity index is 2.33. The largest absolute Gasteiger partial charge is 0.300 e. The lowest BCUT2D eigenvalue weighted by Gasteiger charge is -2.02. The number of fused-ring (bicyclic) bond motifs is 1. The van der Waals surface area contributed by atoms with Gasteiger partial charge in [-0.05, 0) is 34.1 Å². The molecular weight excluding hydrogens is 264 g/mol. The SMILES string of the molecule is Brc1cn(-c2ccccn2)c2ccccc12. The lowest BCUT2D eigenvalue weighted by molar-refractivity contribution is 1.04. The smallest absolute Gasteiger partial charge is 0.137 e. The number of hydrogen-bond acceptors (Lipinski definition) is 1. The second-order valence-electron chi connectivity index (χ2n) is 3.55. The van der Waals surface area contributed by atoms with Crippen LogP contribution in [-0.2, 0) is 0 Å². The molecule has 0 radical (unpaired) electrons. The Hall–Kier alpha value is -1.61. The summed E-state index contributed by atoms with van der Waals surface area (Å²) in [6.45, 7) is 0. The zero-order valence-corrected chi connectivity index (χ0v) is 10.1. The van der Waals surface area contributed by atoms with Crippen molar-refractivity contribution < 1.29 is 0 Å². The molecule has 0 saturated carbocycles. The van der Waals surface area contributed by atoms with Gasteiger partial charge in [-0.2, -0.15) is 0 Å². The third-order valence-electron chi connectivity index (χ3n) is 2.56. The molecule has 2 heterocycles. The molecule has 0 aliphatic heterocycles. The van der Waals surface area contributed by atoms with Gasteiger partial charge in [-0.1, -0.05) is 24.3 Å². The van der Waals surface area contributed by atoms with Gasteiger partial charge in [0.1, 0.15) is 5.82 Å². The van der Waals surface area contributed by atoms with Crippen molar-refractivity contribution in [2.24, 2.45) is 0 Å². The number of aromatic nitrogens is 2. The summed E-state index contributed by atoms with van der Waals surface area (Å²) >= 11 is 3.57. The molecule has 2 nitrogen and oxygen atoms in total. The molecule has 16 heavy (non-hydrogen) atoms. The van der Waals surface area contributed by atoms with E-state index in [-0.39, 0.29) is 0 Å². The Kier molecular flexibility index (Phi) is 2.26. The molecule has 0 fully saturated rings. The van der Waals surface area contributed by atoms with Crippen molar-refractivity contribution in [2.75, 3.05) is 0 Å². The van der Waals surface area contributed by atoms with E-state index < -0.39 is 0 Å². The number of halogens is 1. The zero-order chi connectivity index (χ0) is 11.0. The summed E-state index contributed by atoms with van der Waals surface area (Å²) in [5, 5.41) is 1.20. The fourth-order valence-corrected chi connectivity index (χ4v) is 2.36. The van der Waals surface area contributed by atoms with E-state index in [0.717, 1.165) is 15.8 Å². The van der Waals surface area contributed by atoms with E-state index in [1.165, 1.54) is 5.39 Å². The standard InChI is InChI=1S/C13H9BrN2/c14-11-9-16(13-7-3-4-8-15-13)12-6-2-1-5-10(11)12/h1-9H. The summed E-state index contributed by atoms with van der Waals surface area (Å²) in [6, 6.07) is 14.2. The van der Waals surface area contributed by atoms with Crippen LogP contribution in [0.3, 0.4) is 0 Å². The van der Waals surface area contributed by atoms with E-state index in [0.29, 0.717) is 0 Å². The highest BCUT2D eigenvalue weighted by atomic mass is 79.9. The van der Waals surface area contributed by atoms with Gasteiger partial charge in [0.25, 0.3) is 0 Å². The van der Waals surface area contributed by atoms with Crippen LogP contribution < -0.4 is 0 Å². The first kappa shape index (κ1) is 9.60. The van der Waals surface area contributed by atoms with Crippen LogP contribution >= 0.6 is 15.9 Å². The van der Waals surface area contributed by atoms with Gasteiger partial charge in [0, 0.05) is 22.3 Å². The maximum atomic E-state index is 4.35. The van der Waals surface area contributed by atoms with Crippen molar-refractivity contribution in [1.82, 2.24) is 9.55 Å². The van der Waals surface area contributed by atoms with Crippen molar-refractivity contribution in [3.63, 3.8) is 0 Å². The highest BCUT2D eigenvalue weighted by molar-refractivity contribution is 9.10. The van der Waals surface area contributed by atoms with E-state index in [1.807, 2.05) is 36.5 Å². The van der Waals surface area contributed by atoms with Crippen molar-refractivity contribution in [3.05, 3.63) is 59.3 Å². The minimum atomic E-state index is 0.935. The molecule has 3 rings (SSSR count). The lowest BCUT2D eigenvalue weighted by atomic mass is 10.2. The predicted octanol–water partition coefficient (Wildman–Crippen LogP) is 3.79. The van der Waals surface area contributed by atoms with E-state index in [2.05, 4.69) is 37.6 Å². The minimum Gasteiger partial charge on any atom is -0.300 e. The molecule has 1 aromatic carbocycles. The molecule has 0 N–H and O–H groups in total. The molecule has 0 aliphatic rings. The fraction of sp³-hybridized carbons (Fsp3) is 0. The van der Waals surface area contributed by atoms with Crippen LogP contribution in [0, 0.1) is 0 Å². The lowest BCUT2D eigenvalue weighted by Crippen LogP contribution is -1.93. The van der Waals surface area contributed by atoms with Crippen LogP contribution in [-0.4, -0.2) is 9.55 Å². The first-order valence-corrected chi connectivity index (χ1v) is 5.82. The van der Waals surface area contributed by atoms with Crippen LogP contribution in [0.2, 0.25) is 0 Å². The zero-order valence-electron chi connectivity index (χ0n) is 8.47. The Morgan fingerprint density at radius 1 is 1.00 bits per heavy atom. The normalized spacial score (nSPS) is 10.8. The van der Waals surface area contributed by atoms with Gasteiger partial charge in [-0.15, -0.1) is 0 Å². The summed E-state index contributed by atoms with van der Waals surface area (Å²) in [4.78, 5) is 4.35. The number of hydrogen-bond donors (Lipinski definition) is 0. The van der Waals surface area contributed by atoms with Crippen LogP contribution in [0.5, 0.6) is 0 Å². The minimum absolute atomic E-state index is 0.935. The molecule has 78 valence electrons. The molecule has 0 saturated heterocycles. The molecule has 0 atom stereocenters. The number of benzene rings is 1. The van der Waals surface area contributed by atoms with Crippen molar-refractivity contribution in [2.45, 2.75) is 0 Å². The van der Waals surface area contributed by atoms with E-state index in [9.17, 15) is 0 Å². The van der Waals surface area contributed by atoms with Crippen molar-refractivity contribution in [3.8, 4) is 5.82 Å². The summed E-state index contributed by atoms with van der Waals surface area (Å²) in [5.74, 6) is 0.935. The van der Waals surface area contributed by atoms with Crippen molar-refractivity contribution in [1.29, 1.82) is 0 Å². The monoisotopic (exact) mass is 272 g/mol. The average Bonchev–Trinajstić information content (AvgIpc) is 2.69. The van der Waals surface area contributed by atoms with Crippen LogP contribution in [0.25, 0.3) is 16.7 Å². The van der Waals surface area contributed by atoms with Gasteiger partial charge >= 0.3 is 0 Å². The summed E-state index contributed by atoms with van der Waals surface area (Å²) in [7, 11) is 0. The summed E-state index contributed by atoms with van der Waals surface area (Å²) < 4.78 is 3.17. The van der Waals surface area contributed by atoms with Gasteiger partial charge in [0.15, 0.2) is 0 Å². The first-order chi connectivity index (χ1) is 7.86. The quantitative estimate of drug-likeness (QED) is 0.659. The fourth-order valence-electron chi connectivity index (χ4n) is 1.82. The Labute approximate surface area is 102 Å². The second-order valence-corrected chi connectivity index (χ2v) is 4.41. The van der Waals surface area contributed by atoms with Crippen LogP contribution in [0.15, 0.2) is 59.3 Å². The third kappa shape index (κ3) is 1.44. The molecule has 3 aromatic rings. The molecular formula is C13H9BrN2. The highest BCUT2D eigenvalue weighted by Gasteiger charge is 2.06. The van der Waals surface area contributed by atoms with Gasteiger partial charge in [-0.3, -0.25) is 0 Å². The summed E-state index contributed by atoms with van der Waals surface area (Å²) in [5.41, 5.74) is 1.16. The van der Waals surface area contributed by atoms with Gasteiger partial charge < -0.3 is 4.57 Å². The number of nitrogens with zero attached hydrogens (tertiary/aromatic N) is 2. The molecule has 0 unspecified atom stereocenters. The van der Waals surface area contributed by atoms with E-state index in [1.54, 1.807) is 6.20 Å². The number of para-hydroxylation sites is 1. The summed E-state index contributed by atoms with van der Waals surface area (Å²) in [6.07, 6.45) is 3.85. The second kappa shape index (κ2) is 3.76. The molecule has 0 aliphatic carbocycles. The van der Waals surface area contributed by atoms with Crippen LogP contribution in [0.1, 0.15) is 0 Å². The van der Waals surface area contributed by atoms with Gasteiger partial charge in [-0.25, -0.2) is 4.98 Å². The predicted molar refractivity (Wildman–Crippen MR) is 68.8 cm³/mol. The molecule has 2 aromatic heterocycles. The molecule has 3 heteroatoms. The van der Waals surface area contributed by atoms with E-state index in [4.69, 9.17) is 0 Å². The first-order valence-electron chi connectivity index (χ1n) is 5.03. The van der Waals surface area contributed by atoms with E-state index >= 15 is 0 Å².